The number of hydrogen-bond donors (Lipinski definition) is 1. The molecule has 2 heterocycles. The van der Waals surface area contributed by atoms with Gasteiger partial charge in [0.15, 0.2) is 5.65 Å². The first kappa shape index (κ1) is 13.4. The lowest BCUT2D eigenvalue weighted by molar-refractivity contribution is 0.274. The Kier molecular flexibility index (Phi) is 3.90. The number of aromatic nitrogens is 3. The van der Waals surface area contributed by atoms with E-state index in [1.165, 1.54) is 32.1 Å². The van der Waals surface area contributed by atoms with Crippen molar-refractivity contribution in [2.75, 3.05) is 11.9 Å². The SMILES string of the molecule is Cc1cccn2nc(NCCC3CCCC(C)C3)nc12. The van der Waals surface area contributed by atoms with Crippen LogP contribution in [0.25, 0.3) is 5.65 Å². The van der Waals surface area contributed by atoms with Gasteiger partial charge in [-0.05, 0) is 43.2 Å². The van der Waals surface area contributed by atoms with Gasteiger partial charge in [-0.3, -0.25) is 0 Å². The minimum Gasteiger partial charge on any atom is -0.353 e. The Balaban J connectivity index is 1.56. The number of rotatable bonds is 4. The molecule has 2 atom stereocenters. The molecule has 0 amide bonds. The van der Waals surface area contributed by atoms with Crippen molar-refractivity contribution >= 4 is 11.6 Å². The van der Waals surface area contributed by atoms with Crippen molar-refractivity contribution in [1.82, 2.24) is 14.6 Å². The lowest BCUT2D eigenvalue weighted by Crippen LogP contribution is -2.16. The maximum Gasteiger partial charge on any atom is 0.243 e. The molecule has 0 aliphatic heterocycles. The maximum atomic E-state index is 4.55. The number of aryl methyl sites for hydroxylation is 1. The second kappa shape index (κ2) is 5.81. The van der Waals surface area contributed by atoms with Gasteiger partial charge in [-0.15, -0.1) is 5.10 Å². The molecule has 1 aliphatic carbocycles. The molecule has 2 aromatic rings. The Morgan fingerprint density at radius 2 is 2.30 bits per heavy atom. The molecule has 0 radical (unpaired) electrons. The molecule has 1 saturated carbocycles. The van der Waals surface area contributed by atoms with Crippen molar-refractivity contribution in [3.63, 3.8) is 0 Å². The largest absolute Gasteiger partial charge is 0.353 e. The van der Waals surface area contributed by atoms with E-state index in [1.807, 2.05) is 16.8 Å². The van der Waals surface area contributed by atoms with Gasteiger partial charge in [0, 0.05) is 12.7 Å². The number of nitrogens with one attached hydrogen (secondary N) is 1. The molecule has 0 saturated heterocycles. The van der Waals surface area contributed by atoms with Gasteiger partial charge in [0.2, 0.25) is 5.95 Å². The molecular formula is C16H24N4. The normalized spacial score (nSPS) is 23.1. The smallest absolute Gasteiger partial charge is 0.243 e. The Hall–Kier alpha value is -1.58. The second-order valence-electron chi connectivity index (χ2n) is 6.25. The molecule has 1 fully saturated rings. The zero-order valence-electron chi connectivity index (χ0n) is 12.5. The molecule has 1 aliphatic rings. The molecule has 0 aromatic carbocycles. The number of nitrogens with zero attached hydrogens (tertiary/aromatic N) is 3. The summed E-state index contributed by atoms with van der Waals surface area (Å²) < 4.78 is 1.85. The quantitative estimate of drug-likeness (QED) is 0.923. The molecular weight excluding hydrogens is 248 g/mol. The van der Waals surface area contributed by atoms with Crippen LogP contribution in [0.1, 0.15) is 44.6 Å². The zero-order valence-corrected chi connectivity index (χ0v) is 12.5. The average molecular weight is 272 g/mol. The van der Waals surface area contributed by atoms with E-state index in [0.717, 1.165) is 35.5 Å². The number of fused-ring (bicyclic) bond motifs is 1. The lowest BCUT2D eigenvalue weighted by atomic mass is 9.81. The summed E-state index contributed by atoms with van der Waals surface area (Å²) in [7, 11) is 0. The maximum absolute atomic E-state index is 4.55. The number of anilines is 1. The van der Waals surface area contributed by atoms with E-state index in [0.29, 0.717) is 0 Å². The van der Waals surface area contributed by atoms with Gasteiger partial charge in [0.1, 0.15) is 0 Å². The fraction of sp³-hybridized carbons (Fsp3) is 0.625. The van der Waals surface area contributed by atoms with Gasteiger partial charge in [-0.25, -0.2) is 4.52 Å². The van der Waals surface area contributed by atoms with Crippen LogP contribution in [0.4, 0.5) is 5.95 Å². The first-order valence-electron chi connectivity index (χ1n) is 7.78. The van der Waals surface area contributed by atoms with Crippen molar-refractivity contribution in [1.29, 1.82) is 0 Å². The van der Waals surface area contributed by atoms with Crippen LogP contribution in [0, 0.1) is 18.8 Å². The fourth-order valence-corrected chi connectivity index (χ4v) is 3.32. The van der Waals surface area contributed by atoms with Crippen LogP contribution in [0.5, 0.6) is 0 Å². The summed E-state index contributed by atoms with van der Waals surface area (Å²) in [6.45, 7) is 5.43. The van der Waals surface area contributed by atoms with Gasteiger partial charge in [-0.2, -0.15) is 4.98 Å². The third-order valence-electron chi connectivity index (χ3n) is 4.44. The van der Waals surface area contributed by atoms with E-state index < -0.39 is 0 Å². The highest BCUT2D eigenvalue weighted by molar-refractivity contribution is 5.49. The van der Waals surface area contributed by atoms with E-state index in [2.05, 4.69) is 35.3 Å². The van der Waals surface area contributed by atoms with Crippen LogP contribution < -0.4 is 5.32 Å². The van der Waals surface area contributed by atoms with Gasteiger partial charge < -0.3 is 5.32 Å². The van der Waals surface area contributed by atoms with Crippen LogP contribution in [0.15, 0.2) is 18.3 Å². The third-order valence-corrected chi connectivity index (χ3v) is 4.44. The molecule has 2 aromatic heterocycles. The van der Waals surface area contributed by atoms with Crippen molar-refractivity contribution in [2.24, 2.45) is 11.8 Å². The van der Waals surface area contributed by atoms with E-state index >= 15 is 0 Å². The molecule has 108 valence electrons. The Labute approximate surface area is 120 Å². The van der Waals surface area contributed by atoms with Crippen LogP contribution in [-0.4, -0.2) is 21.1 Å². The summed E-state index contributed by atoms with van der Waals surface area (Å²) in [6, 6.07) is 4.07. The van der Waals surface area contributed by atoms with Crippen LogP contribution in [0.2, 0.25) is 0 Å². The minimum atomic E-state index is 0.753. The van der Waals surface area contributed by atoms with E-state index in [4.69, 9.17) is 0 Å². The van der Waals surface area contributed by atoms with Gasteiger partial charge in [-0.1, -0.05) is 32.3 Å². The van der Waals surface area contributed by atoms with Gasteiger partial charge in [0.05, 0.1) is 0 Å². The summed E-state index contributed by atoms with van der Waals surface area (Å²) in [6.07, 6.45) is 8.78. The first-order chi connectivity index (χ1) is 9.72. The zero-order chi connectivity index (χ0) is 13.9. The molecule has 3 rings (SSSR count). The topological polar surface area (TPSA) is 42.2 Å². The highest BCUT2D eigenvalue weighted by Gasteiger charge is 2.18. The van der Waals surface area contributed by atoms with Crippen LogP contribution in [-0.2, 0) is 0 Å². The van der Waals surface area contributed by atoms with E-state index in [9.17, 15) is 0 Å². The van der Waals surface area contributed by atoms with Crippen LogP contribution >= 0.6 is 0 Å². The first-order valence-corrected chi connectivity index (χ1v) is 7.78. The Morgan fingerprint density at radius 3 is 3.10 bits per heavy atom. The Morgan fingerprint density at radius 1 is 1.40 bits per heavy atom. The summed E-state index contributed by atoms with van der Waals surface area (Å²) in [5, 5.41) is 7.85. The Bertz CT molecular complexity index is 575. The number of pyridine rings is 1. The minimum absolute atomic E-state index is 0.753. The predicted molar refractivity (Wildman–Crippen MR) is 82.0 cm³/mol. The molecule has 1 N–H and O–H groups in total. The summed E-state index contributed by atoms with van der Waals surface area (Å²) >= 11 is 0. The van der Waals surface area contributed by atoms with Crippen LogP contribution in [0.3, 0.4) is 0 Å². The molecule has 4 nitrogen and oxygen atoms in total. The van der Waals surface area contributed by atoms with Gasteiger partial charge >= 0.3 is 0 Å². The lowest BCUT2D eigenvalue weighted by Gasteiger charge is -2.26. The molecule has 0 bridgehead atoms. The molecule has 20 heavy (non-hydrogen) atoms. The van der Waals surface area contributed by atoms with Gasteiger partial charge in [0.25, 0.3) is 0 Å². The highest BCUT2D eigenvalue weighted by atomic mass is 15.3. The molecule has 2 unspecified atom stereocenters. The average Bonchev–Trinajstić information content (AvgIpc) is 2.83. The number of hydrogen-bond acceptors (Lipinski definition) is 3. The van der Waals surface area contributed by atoms with E-state index in [-0.39, 0.29) is 0 Å². The molecule has 0 spiro atoms. The monoisotopic (exact) mass is 272 g/mol. The van der Waals surface area contributed by atoms with E-state index in [1.54, 1.807) is 0 Å². The predicted octanol–water partition coefficient (Wildman–Crippen LogP) is 3.67. The third kappa shape index (κ3) is 2.94. The van der Waals surface area contributed by atoms with Crippen molar-refractivity contribution in [3.05, 3.63) is 23.9 Å². The van der Waals surface area contributed by atoms with Crippen molar-refractivity contribution in [3.8, 4) is 0 Å². The second-order valence-corrected chi connectivity index (χ2v) is 6.25. The molecule has 4 heteroatoms. The van der Waals surface area contributed by atoms with Crippen molar-refractivity contribution < 1.29 is 0 Å². The van der Waals surface area contributed by atoms with Crippen molar-refractivity contribution in [2.45, 2.75) is 46.0 Å². The fourth-order valence-electron chi connectivity index (χ4n) is 3.32. The highest BCUT2D eigenvalue weighted by Crippen LogP contribution is 2.30. The summed E-state index contributed by atoms with van der Waals surface area (Å²) in [5.41, 5.74) is 2.11. The summed E-state index contributed by atoms with van der Waals surface area (Å²) in [5.74, 6) is 2.54. The standard InChI is InChI=1S/C16H24N4/c1-12-5-3-7-14(11-12)8-9-17-16-18-15-13(2)6-4-10-20(15)19-16/h4,6,10,12,14H,3,5,7-9,11H2,1-2H3,(H,17,19). The summed E-state index contributed by atoms with van der Waals surface area (Å²) in [4.78, 5) is 4.55.